The number of nitrogens with zero attached hydrogens (tertiary/aromatic N) is 1. The summed E-state index contributed by atoms with van der Waals surface area (Å²) in [6.07, 6.45) is 7.31. The molecular weight excluding hydrogens is 306 g/mol. The van der Waals surface area contributed by atoms with E-state index in [-0.39, 0.29) is 5.75 Å². The molecule has 0 heterocycles. The highest BCUT2D eigenvalue weighted by molar-refractivity contribution is 8.38. The van der Waals surface area contributed by atoms with Gasteiger partial charge in [-0.2, -0.15) is 0 Å². The highest BCUT2D eigenvalue weighted by atomic mass is 32.3. The maximum Gasteiger partial charge on any atom is 0.262 e. The first-order chi connectivity index (χ1) is 8.94. The molecule has 1 rings (SSSR count). The molecule has 0 unspecified atom stereocenters. The molecule has 104 valence electrons. The van der Waals surface area contributed by atoms with Gasteiger partial charge in [0.15, 0.2) is 0 Å². The van der Waals surface area contributed by atoms with E-state index in [2.05, 4.69) is 9.18 Å². The van der Waals surface area contributed by atoms with Crippen LogP contribution in [0.1, 0.15) is 5.56 Å². The van der Waals surface area contributed by atoms with Crippen molar-refractivity contribution in [2.24, 2.45) is 4.99 Å². The van der Waals surface area contributed by atoms with Crippen LogP contribution in [0.25, 0.3) is 6.08 Å². The van der Waals surface area contributed by atoms with Crippen molar-refractivity contribution in [1.82, 2.24) is 0 Å². The Morgan fingerprint density at radius 2 is 1.84 bits per heavy atom. The predicted octanol–water partition coefficient (Wildman–Crippen LogP) is 2.58. The number of aliphatic imine (C=N–C) groups is 1. The predicted molar refractivity (Wildman–Crippen MR) is 80.3 cm³/mol. The van der Waals surface area contributed by atoms with Gasteiger partial charge < -0.3 is 8.74 Å². The van der Waals surface area contributed by atoms with E-state index in [1.165, 1.54) is 12.1 Å². The fourth-order valence-electron chi connectivity index (χ4n) is 1.13. The molecule has 0 fully saturated rings. The third-order valence-electron chi connectivity index (χ3n) is 1.87. The van der Waals surface area contributed by atoms with Gasteiger partial charge in [0.2, 0.25) is 0 Å². The lowest BCUT2D eigenvalue weighted by atomic mass is 10.2. The Labute approximate surface area is 121 Å². The van der Waals surface area contributed by atoms with Gasteiger partial charge in [-0.15, -0.1) is 23.5 Å². The SMILES string of the molecule is CSC(=N/C=C\c1ccc(OS(=O)(=O)[O-])cc1)SC. The van der Waals surface area contributed by atoms with Gasteiger partial charge in [0, 0.05) is 6.20 Å². The van der Waals surface area contributed by atoms with Crippen molar-refractivity contribution in [3.8, 4) is 5.75 Å². The maximum absolute atomic E-state index is 10.4. The normalized spacial score (nSPS) is 11.5. The number of hydrogen-bond acceptors (Lipinski definition) is 7. The molecule has 0 N–H and O–H groups in total. The number of rotatable bonds is 4. The summed E-state index contributed by atoms with van der Waals surface area (Å²) in [4.78, 5) is 4.22. The topological polar surface area (TPSA) is 78.8 Å². The molecule has 0 aromatic heterocycles. The van der Waals surface area contributed by atoms with Crippen LogP contribution in [-0.2, 0) is 10.4 Å². The zero-order chi connectivity index (χ0) is 14.3. The van der Waals surface area contributed by atoms with Gasteiger partial charge in [-0.05, 0) is 36.3 Å². The van der Waals surface area contributed by atoms with Crippen LogP contribution < -0.4 is 4.18 Å². The standard InChI is InChI=1S/C11H13NO4S3/c1-17-11(18-2)12-8-7-9-3-5-10(6-4-9)16-19(13,14)15/h3-8H,1-2H3,(H,13,14,15)/p-1/b8-7-. The summed E-state index contributed by atoms with van der Waals surface area (Å²) < 4.78 is 36.3. The minimum Gasteiger partial charge on any atom is -0.716 e. The van der Waals surface area contributed by atoms with E-state index in [0.717, 1.165) is 9.94 Å². The van der Waals surface area contributed by atoms with E-state index < -0.39 is 10.4 Å². The molecule has 0 bridgehead atoms. The molecule has 1 aromatic carbocycles. The highest BCUT2D eigenvalue weighted by Gasteiger charge is 1.98. The van der Waals surface area contributed by atoms with Crippen LogP contribution in [0.2, 0.25) is 0 Å². The van der Waals surface area contributed by atoms with Crippen LogP contribution in [-0.4, -0.2) is 29.9 Å². The second-order valence-corrected chi connectivity index (χ2v) is 6.01. The van der Waals surface area contributed by atoms with Gasteiger partial charge in [0.05, 0.1) is 0 Å². The van der Waals surface area contributed by atoms with Crippen LogP contribution in [0, 0.1) is 0 Å². The van der Waals surface area contributed by atoms with Crippen molar-refractivity contribution in [2.45, 2.75) is 0 Å². The molecule has 19 heavy (non-hydrogen) atoms. The van der Waals surface area contributed by atoms with Crippen LogP contribution >= 0.6 is 23.5 Å². The van der Waals surface area contributed by atoms with Crippen molar-refractivity contribution in [2.75, 3.05) is 12.5 Å². The molecule has 0 radical (unpaired) electrons. The third kappa shape index (κ3) is 6.67. The summed E-state index contributed by atoms with van der Waals surface area (Å²) in [5, 5.41) is 0. The lowest BCUT2D eigenvalue weighted by molar-refractivity contribution is 0.372. The molecule has 1 aromatic rings. The summed E-state index contributed by atoms with van der Waals surface area (Å²) in [6, 6.07) is 6.07. The first-order valence-electron chi connectivity index (χ1n) is 5.02. The monoisotopic (exact) mass is 318 g/mol. The Morgan fingerprint density at radius 1 is 1.26 bits per heavy atom. The molecule has 0 spiro atoms. The number of benzene rings is 1. The number of hydrogen-bond donors (Lipinski definition) is 0. The van der Waals surface area contributed by atoms with E-state index >= 15 is 0 Å². The van der Waals surface area contributed by atoms with E-state index in [4.69, 9.17) is 0 Å². The second kappa shape index (κ2) is 7.59. The van der Waals surface area contributed by atoms with Gasteiger partial charge >= 0.3 is 0 Å². The van der Waals surface area contributed by atoms with Gasteiger partial charge in [0.25, 0.3) is 10.4 Å². The van der Waals surface area contributed by atoms with E-state index in [1.54, 1.807) is 47.9 Å². The highest BCUT2D eigenvalue weighted by Crippen LogP contribution is 2.15. The molecule has 0 amide bonds. The fourth-order valence-corrected chi connectivity index (χ4v) is 2.47. The van der Waals surface area contributed by atoms with Crippen LogP contribution in [0.4, 0.5) is 0 Å². The van der Waals surface area contributed by atoms with Crippen molar-refractivity contribution < 1.29 is 17.2 Å². The van der Waals surface area contributed by atoms with Crippen molar-refractivity contribution in [1.29, 1.82) is 0 Å². The number of thioether (sulfide) groups is 2. The van der Waals surface area contributed by atoms with Crippen molar-refractivity contribution >= 4 is 44.4 Å². The summed E-state index contributed by atoms with van der Waals surface area (Å²) >= 11 is 3.11. The summed E-state index contributed by atoms with van der Waals surface area (Å²) in [5.41, 5.74) is 0.820. The summed E-state index contributed by atoms with van der Waals surface area (Å²) in [5.74, 6) is -0.00966. The average Bonchev–Trinajstić information content (AvgIpc) is 2.35. The molecule has 0 aliphatic heterocycles. The molecule has 5 nitrogen and oxygen atoms in total. The Hall–Kier alpha value is -0.960. The zero-order valence-electron chi connectivity index (χ0n) is 10.3. The fraction of sp³-hybridized carbons (Fsp3) is 0.182. The quantitative estimate of drug-likeness (QED) is 0.367. The third-order valence-corrected chi connectivity index (χ3v) is 4.18. The summed E-state index contributed by atoms with van der Waals surface area (Å²) in [7, 11) is -4.72. The van der Waals surface area contributed by atoms with E-state index in [1.807, 2.05) is 12.5 Å². The lowest BCUT2D eigenvalue weighted by Gasteiger charge is -2.08. The van der Waals surface area contributed by atoms with Crippen molar-refractivity contribution in [3.05, 3.63) is 36.0 Å². The Bertz CT molecular complexity index is 558. The molecular formula is C11H12NO4S3-. The zero-order valence-corrected chi connectivity index (χ0v) is 12.7. The largest absolute Gasteiger partial charge is 0.716 e. The van der Waals surface area contributed by atoms with Crippen LogP contribution in [0.15, 0.2) is 35.5 Å². The first-order valence-corrected chi connectivity index (χ1v) is 8.80. The van der Waals surface area contributed by atoms with Gasteiger partial charge in [0.1, 0.15) is 10.1 Å². The minimum atomic E-state index is -4.72. The molecule has 8 heteroatoms. The second-order valence-electron chi connectivity index (χ2n) is 3.18. The molecule has 0 saturated carbocycles. The summed E-state index contributed by atoms with van der Waals surface area (Å²) in [6.45, 7) is 0. The van der Waals surface area contributed by atoms with Gasteiger partial charge in [-0.25, -0.2) is 13.4 Å². The van der Waals surface area contributed by atoms with Gasteiger partial charge in [-0.3, -0.25) is 0 Å². The Balaban J connectivity index is 2.72. The molecule has 0 aliphatic rings. The van der Waals surface area contributed by atoms with Crippen molar-refractivity contribution in [3.63, 3.8) is 0 Å². The maximum atomic E-state index is 10.4. The Morgan fingerprint density at radius 3 is 2.32 bits per heavy atom. The van der Waals surface area contributed by atoms with Crippen LogP contribution in [0.5, 0.6) is 5.75 Å². The minimum absolute atomic E-state index is 0.00966. The first kappa shape index (κ1) is 16.1. The molecule has 0 atom stereocenters. The van der Waals surface area contributed by atoms with Gasteiger partial charge in [-0.1, -0.05) is 12.1 Å². The average molecular weight is 318 g/mol. The molecule has 0 saturated heterocycles. The Kier molecular flexibility index (Phi) is 6.43. The van der Waals surface area contributed by atoms with E-state index in [0.29, 0.717) is 0 Å². The lowest BCUT2D eigenvalue weighted by Crippen LogP contribution is -2.06. The van der Waals surface area contributed by atoms with Crippen LogP contribution in [0.3, 0.4) is 0 Å². The molecule has 0 aliphatic carbocycles. The smallest absolute Gasteiger partial charge is 0.262 e. The van der Waals surface area contributed by atoms with E-state index in [9.17, 15) is 13.0 Å².